The van der Waals surface area contributed by atoms with E-state index in [0.717, 1.165) is 29.1 Å². The number of carbonyl (C=O) groups excluding carboxylic acids is 1. The molecule has 28 heavy (non-hydrogen) atoms. The first kappa shape index (κ1) is 20.0. The predicted octanol–water partition coefficient (Wildman–Crippen LogP) is 3.42. The molecular formula is C20H23N5O2S. The fourth-order valence-corrected chi connectivity index (χ4v) is 3.49. The van der Waals surface area contributed by atoms with Crippen LogP contribution in [0.3, 0.4) is 0 Å². The molecule has 7 nitrogen and oxygen atoms in total. The van der Waals surface area contributed by atoms with Gasteiger partial charge in [-0.1, -0.05) is 23.9 Å². The van der Waals surface area contributed by atoms with E-state index < -0.39 is 0 Å². The summed E-state index contributed by atoms with van der Waals surface area (Å²) in [5, 5.41) is 12.3. The van der Waals surface area contributed by atoms with Gasteiger partial charge in [0.1, 0.15) is 0 Å². The zero-order valence-electron chi connectivity index (χ0n) is 16.0. The molecule has 0 aliphatic heterocycles. The number of thioether (sulfide) groups is 1. The molecule has 0 spiro atoms. The van der Waals surface area contributed by atoms with Crippen molar-refractivity contribution in [3.63, 3.8) is 0 Å². The molecule has 3 aromatic rings. The summed E-state index contributed by atoms with van der Waals surface area (Å²) in [4.78, 5) is 16.4. The van der Waals surface area contributed by atoms with Gasteiger partial charge in [-0.15, -0.1) is 10.2 Å². The highest BCUT2D eigenvalue weighted by atomic mass is 32.2. The van der Waals surface area contributed by atoms with Gasteiger partial charge in [0.25, 0.3) is 0 Å². The minimum absolute atomic E-state index is 0.0764. The van der Waals surface area contributed by atoms with Crippen LogP contribution in [0.25, 0.3) is 11.4 Å². The third-order valence-corrected chi connectivity index (χ3v) is 4.99. The second kappa shape index (κ2) is 10.0. The van der Waals surface area contributed by atoms with Gasteiger partial charge in [0.05, 0.1) is 5.75 Å². The first-order valence-corrected chi connectivity index (χ1v) is 9.98. The number of hydrogen-bond acceptors (Lipinski definition) is 6. The van der Waals surface area contributed by atoms with Crippen LogP contribution >= 0.6 is 11.8 Å². The number of methoxy groups -OCH3 is 1. The molecule has 1 N–H and O–H groups in total. The van der Waals surface area contributed by atoms with Crippen LogP contribution in [-0.4, -0.2) is 45.1 Å². The highest BCUT2D eigenvalue weighted by Gasteiger charge is 2.15. The van der Waals surface area contributed by atoms with Crippen molar-refractivity contribution in [3.8, 4) is 11.4 Å². The maximum absolute atomic E-state index is 12.3. The standard InChI is InChI=1S/C20H23N5O2S/c1-15-5-3-6-17(13-15)22-18(26)14-28-20-24-23-19(16-7-9-21-10-8-16)25(20)11-4-12-27-2/h3,5-10,13H,4,11-12,14H2,1-2H3,(H,22,26). The van der Waals surface area contributed by atoms with Gasteiger partial charge >= 0.3 is 0 Å². The Hall–Kier alpha value is -2.71. The molecule has 0 aliphatic rings. The number of benzene rings is 1. The molecule has 1 aromatic carbocycles. The van der Waals surface area contributed by atoms with Crippen LogP contribution in [0.1, 0.15) is 12.0 Å². The van der Waals surface area contributed by atoms with Crippen molar-refractivity contribution in [2.75, 3.05) is 24.8 Å². The molecule has 0 bridgehead atoms. The Morgan fingerprint density at radius 3 is 2.79 bits per heavy atom. The van der Waals surface area contributed by atoms with Crippen LogP contribution in [0, 0.1) is 6.92 Å². The molecule has 3 rings (SSSR count). The van der Waals surface area contributed by atoms with Crippen LogP contribution in [0.2, 0.25) is 0 Å². The third-order valence-electron chi connectivity index (χ3n) is 4.02. The number of amides is 1. The molecule has 2 aromatic heterocycles. The van der Waals surface area contributed by atoms with Gasteiger partial charge in [-0.3, -0.25) is 9.78 Å². The molecule has 2 heterocycles. The van der Waals surface area contributed by atoms with E-state index in [1.807, 2.05) is 47.9 Å². The van der Waals surface area contributed by atoms with E-state index in [2.05, 4.69) is 20.5 Å². The topological polar surface area (TPSA) is 81.9 Å². The largest absolute Gasteiger partial charge is 0.385 e. The number of anilines is 1. The normalized spacial score (nSPS) is 10.8. The molecule has 8 heteroatoms. The fraction of sp³-hybridized carbons (Fsp3) is 0.300. The number of aryl methyl sites for hydroxylation is 1. The maximum atomic E-state index is 12.3. The quantitative estimate of drug-likeness (QED) is 0.440. The van der Waals surface area contributed by atoms with Crippen molar-refractivity contribution in [1.82, 2.24) is 19.7 Å². The molecular weight excluding hydrogens is 374 g/mol. The molecule has 0 atom stereocenters. The van der Waals surface area contributed by atoms with Crippen LogP contribution in [0.15, 0.2) is 53.9 Å². The lowest BCUT2D eigenvalue weighted by atomic mass is 10.2. The number of carbonyl (C=O) groups is 1. The lowest BCUT2D eigenvalue weighted by Crippen LogP contribution is -2.15. The Labute approximate surface area is 168 Å². The average molecular weight is 398 g/mol. The summed E-state index contributed by atoms with van der Waals surface area (Å²) >= 11 is 1.37. The lowest BCUT2D eigenvalue weighted by molar-refractivity contribution is -0.113. The number of ether oxygens (including phenoxy) is 1. The van der Waals surface area contributed by atoms with Crippen LogP contribution in [0.4, 0.5) is 5.69 Å². The Morgan fingerprint density at radius 1 is 1.21 bits per heavy atom. The molecule has 146 valence electrons. The number of hydrogen-bond donors (Lipinski definition) is 1. The first-order valence-electron chi connectivity index (χ1n) is 8.99. The zero-order valence-corrected chi connectivity index (χ0v) is 16.8. The number of rotatable bonds is 9. The van der Waals surface area contributed by atoms with Gasteiger partial charge in [-0.05, 0) is 43.2 Å². The summed E-state index contributed by atoms with van der Waals surface area (Å²) < 4.78 is 7.19. The molecule has 0 fully saturated rings. The maximum Gasteiger partial charge on any atom is 0.234 e. The van der Waals surface area contributed by atoms with Gasteiger partial charge < -0.3 is 14.6 Å². The van der Waals surface area contributed by atoms with E-state index in [9.17, 15) is 4.79 Å². The highest BCUT2D eigenvalue weighted by Crippen LogP contribution is 2.24. The summed E-state index contributed by atoms with van der Waals surface area (Å²) in [6, 6.07) is 11.5. The average Bonchev–Trinajstić information content (AvgIpc) is 3.10. The number of aromatic nitrogens is 4. The Morgan fingerprint density at radius 2 is 2.04 bits per heavy atom. The monoisotopic (exact) mass is 397 g/mol. The SMILES string of the molecule is COCCCn1c(SCC(=O)Nc2cccc(C)c2)nnc1-c1ccncc1. The van der Waals surface area contributed by atoms with Crippen molar-refractivity contribution in [2.45, 2.75) is 25.0 Å². The summed E-state index contributed by atoms with van der Waals surface area (Å²) in [6.07, 6.45) is 4.28. The van der Waals surface area contributed by atoms with E-state index >= 15 is 0 Å². The smallest absolute Gasteiger partial charge is 0.234 e. The van der Waals surface area contributed by atoms with Crippen molar-refractivity contribution in [1.29, 1.82) is 0 Å². The van der Waals surface area contributed by atoms with E-state index in [-0.39, 0.29) is 11.7 Å². The fourth-order valence-electron chi connectivity index (χ4n) is 2.73. The summed E-state index contributed by atoms with van der Waals surface area (Å²) in [6.45, 7) is 3.35. The summed E-state index contributed by atoms with van der Waals surface area (Å²) in [5.41, 5.74) is 2.84. The van der Waals surface area contributed by atoms with Crippen molar-refractivity contribution >= 4 is 23.4 Å². The lowest BCUT2D eigenvalue weighted by Gasteiger charge is -2.10. The summed E-state index contributed by atoms with van der Waals surface area (Å²) in [7, 11) is 1.68. The van der Waals surface area contributed by atoms with Crippen LogP contribution < -0.4 is 5.32 Å². The minimum Gasteiger partial charge on any atom is -0.385 e. The number of nitrogens with zero attached hydrogens (tertiary/aromatic N) is 4. The second-order valence-corrected chi connectivity index (χ2v) is 7.19. The molecule has 0 saturated heterocycles. The number of nitrogens with one attached hydrogen (secondary N) is 1. The van der Waals surface area contributed by atoms with Crippen molar-refractivity contribution < 1.29 is 9.53 Å². The predicted molar refractivity (Wildman–Crippen MR) is 110 cm³/mol. The first-order chi connectivity index (χ1) is 13.7. The van der Waals surface area contributed by atoms with E-state index in [4.69, 9.17) is 4.74 Å². The van der Waals surface area contributed by atoms with Crippen molar-refractivity contribution in [3.05, 3.63) is 54.4 Å². The van der Waals surface area contributed by atoms with Gasteiger partial charge in [-0.25, -0.2) is 0 Å². The molecule has 1 amide bonds. The van der Waals surface area contributed by atoms with Gasteiger partial charge in [0.15, 0.2) is 11.0 Å². The molecule has 0 saturated carbocycles. The second-order valence-electron chi connectivity index (χ2n) is 6.25. The number of pyridine rings is 1. The van der Waals surface area contributed by atoms with Gasteiger partial charge in [-0.2, -0.15) is 0 Å². The van der Waals surface area contributed by atoms with Crippen molar-refractivity contribution in [2.24, 2.45) is 0 Å². The molecule has 0 unspecified atom stereocenters. The third kappa shape index (κ3) is 5.40. The van der Waals surface area contributed by atoms with Gasteiger partial charge in [0, 0.05) is 43.9 Å². The summed E-state index contributed by atoms with van der Waals surface area (Å²) in [5.74, 6) is 0.944. The van der Waals surface area contributed by atoms with Crippen LogP contribution in [0.5, 0.6) is 0 Å². The Bertz CT molecular complexity index is 914. The van der Waals surface area contributed by atoms with Crippen LogP contribution in [-0.2, 0) is 16.1 Å². The minimum atomic E-state index is -0.0764. The van der Waals surface area contributed by atoms with E-state index in [1.54, 1.807) is 19.5 Å². The zero-order chi connectivity index (χ0) is 19.8. The van der Waals surface area contributed by atoms with E-state index in [0.29, 0.717) is 18.3 Å². The Balaban J connectivity index is 1.70. The molecule has 0 aliphatic carbocycles. The van der Waals surface area contributed by atoms with Gasteiger partial charge in [0.2, 0.25) is 5.91 Å². The Kier molecular flexibility index (Phi) is 7.16. The highest BCUT2D eigenvalue weighted by molar-refractivity contribution is 7.99. The van der Waals surface area contributed by atoms with E-state index in [1.165, 1.54) is 11.8 Å². The molecule has 0 radical (unpaired) electrons.